The molecule has 0 bridgehead atoms. The van der Waals surface area contributed by atoms with Gasteiger partial charge in [-0.05, 0) is 32.3 Å². The summed E-state index contributed by atoms with van der Waals surface area (Å²) < 4.78 is 7.07. The summed E-state index contributed by atoms with van der Waals surface area (Å²) in [6.07, 6.45) is 3.45. The Bertz CT molecular complexity index is 1070. The fraction of sp³-hybridized carbons (Fsp3) is 0.400. The van der Waals surface area contributed by atoms with Crippen LogP contribution < -0.4 is 20.5 Å². The maximum Gasteiger partial charge on any atom is 0.274 e. The Morgan fingerprint density at radius 1 is 1.24 bits per heavy atom. The van der Waals surface area contributed by atoms with Gasteiger partial charge in [0.15, 0.2) is 0 Å². The number of nitrogens with zero attached hydrogens (tertiary/aromatic N) is 4. The molecule has 0 aliphatic carbocycles. The van der Waals surface area contributed by atoms with Crippen molar-refractivity contribution in [2.45, 2.75) is 32.7 Å². The average Bonchev–Trinajstić information content (AvgIpc) is 3.17. The number of fused-ring (bicyclic) bond motifs is 1. The standard InChI is InChI=1S/C20H23N5O3S/c1-2-28-16-9-5-4-8-14(16)13-21-18(27)15-12-17(26)22-19-25(15)23-20(29-19)24-10-6-3-7-11-24/h4-5,8-9,12H,2-3,6-7,10-11,13H2,1H3,(H,21,27). The molecule has 1 aliphatic heterocycles. The first kappa shape index (κ1) is 19.4. The van der Waals surface area contributed by atoms with Crippen molar-refractivity contribution >= 4 is 27.3 Å². The zero-order valence-electron chi connectivity index (χ0n) is 16.3. The Morgan fingerprint density at radius 2 is 2.03 bits per heavy atom. The number of piperidine rings is 1. The van der Waals surface area contributed by atoms with Crippen molar-refractivity contribution < 1.29 is 9.53 Å². The molecule has 1 N–H and O–H groups in total. The predicted molar refractivity (Wildman–Crippen MR) is 112 cm³/mol. The van der Waals surface area contributed by atoms with Crippen molar-refractivity contribution in [2.24, 2.45) is 0 Å². The minimum atomic E-state index is -0.446. The van der Waals surface area contributed by atoms with Gasteiger partial charge in [-0.1, -0.05) is 29.5 Å². The molecule has 1 aromatic carbocycles. The Labute approximate surface area is 172 Å². The highest BCUT2D eigenvalue weighted by Crippen LogP contribution is 2.25. The third-order valence-electron chi connectivity index (χ3n) is 4.81. The van der Waals surface area contributed by atoms with E-state index in [1.807, 2.05) is 31.2 Å². The number of carbonyl (C=O) groups excluding carboxylic acids is 1. The second-order valence-electron chi connectivity index (χ2n) is 6.83. The van der Waals surface area contributed by atoms with E-state index in [9.17, 15) is 9.59 Å². The van der Waals surface area contributed by atoms with Gasteiger partial charge < -0.3 is 15.0 Å². The third kappa shape index (κ3) is 4.24. The highest BCUT2D eigenvalue weighted by atomic mass is 32.1. The molecule has 3 heterocycles. The molecule has 152 valence electrons. The summed E-state index contributed by atoms with van der Waals surface area (Å²) in [5.74, 6) is 0.356. The summed E-state index contributed by atoms with van der Waals surface area (Å²) in [7, 11) is 0. The van der Waals surface area contributed by atoms with E-state index in [1.165, 1.54) is 28.3 Å². The molecule has 1 saturated heterocycles. The predicted octanol–water partition coefficient (Wildman–Crippen LogP) is 2.47. The molecule has 4 rings (SSSR count). The van der Waals surface area contributed by atoms with Gasteiger partial charge in [-0.3, -0.25) is 9.59 Å². The van der Waals surface area contributed by atoms with E-state index in [1.54, 1.807) is 0 Å². The fourth-order valence-corrected chi connectivity index (χ4v) is 4.35. The third-order valence-corrected chi connectivity index (χ3v) is 5.78. The van der Waals surface area contributed by atoms with Crippen LogP contribution in [-0.4, -0.2) is 40.2 Å². The van der Waals surface area contributed by atoms with E-state index in [4.69, 9.17) is 4.74 Å². The molecule has 0 radical (unpaired) electrons. The molecule has 0 atom stereocenters. The van der Waals surface area contributed by atoms with Crippen LogP contribution in [0.3, 0.4) is 0 Å². The van der Waals surface area contributed by atoms with Crippen LogP contribution in [0.4, 0.5) is 5.13 Å². The van der Waals surface area contributed by atoms with Gasteiger partial charge in [-0.25, -0.2) is 0 Å². The molecule has 3 aromatic rings. The topological polar surface area (TPSA) is 88.8 Å². The van der Waals surface area contributed by atoms with Gasteiger partial charge in [0.05, 0.1) is 6.61 Å². The Morgan fingerprint density at radius 3 is 2.83 bits per heavy atom. The van der Waals surface area contributed by atoms with Crippen LogP contribution in [0.15, 0.2) is 35.1 Å². The normalized spacial score (nSPS) is 14.2. The summed E-state index contributed by atoms with van der Waals surface area (Å²) in [6.45, 7) is 4.61. The lowest BCUT2D eigenvalue weighted by Gasteiger charge is -2.25. The SMILES string of the molecule is CCOc1ccccc1CNC(=O)c1cc(=O)nc2sc(N3CCCCC3)nn12. The molecule has 0 saturated carbocycles. The lowest BCUT2D eigenvalue weighted by Crippen LogP contribution is -2.30. The largest absolute Gasteiger partial charge is 0.494 e. The van der Waals surface area contributed by atoms with Crippen LogP contribution in [-0.2, 0) is 6.54 Å². The molecular weight excluding hydrogens is 390 g/mol. The van der Waals surface area contributed by atoms with Crippen molar-refractivity contribution in [2.75, 3.05) is 24.6 Å². The van der Waals surface area contributed by atoms with Gasteiger partial charge in [-0.2, -0.15) is 9.50 Å². The molecular formula is C20H23N5O3S. The van der Waals surface area contributed by atoms with Crippen LogP contribution in [0.25, 0.3) is 4.96 Å². The summed E-state index contributed by atoms with van der Waals surface area (Å²) in [5.41, 5.74) is 0.611. The highest BCUT2D eigenvalue weighted by Gasteiger charge is 2.20. The molecule has 1 amide bonds. The van der Waals surface area contributed by atoms with E-state index in [0.29, 0.717) is 11.6 Å². The number of para-hydroxylation sites is 1. The number of rotatable bonds is 6. The minimum Gasteiger partial charge on any atom is -0.494 e. The molecule has 0 unspecified atom stereocenters. The number of carbonyl (C=O) groups is 1. The molecule has 29 heavy (non-hydrogen) atoms. The van der Waals surface area contributed by atoms with Gasteiger partial charge in [-0.15, -0.1) is 5.10 Å². The number of anilines is 1. The van der Waals surface area contributed by atoms with Crippen LogP contribution in [0.1, 0.15) is 42.2 Å². The van der Waals surface area contributed by atoms with Gasteiger partial charge in [0.2, 0.25) is 10.1 Å². The van der Waals surface area contributed by atoms with E-state index < -0.39 is 5.56 Å². The Balaban J connectivity index is 1.58. The number of nitrogens with one attached hydrogen (secondary N) is 1. The molecule has 1 aliphatic rings. The summed E-state index contributed by atoms with van der Waals surface area (Å²) in [4.78, 5) is 31.5. The van der Waals surface area contributed by atoms with E-state index in [0.717, 1.165) is 42.4 Å². The van der Waals surface area contributed by atoms with Crippen molar-refractivity contribution in [1.82, 2.24) is 19.9 Å². The van der Waals surface area contributed by atoms with Crippen LogP contribution in [0, 0.1) is 0 Å². The maximum atomic E-state index is 12.9. The first-order chi connectivity index (χ1) is 14.2. The molecule has 1 fully saturated rings. The zero-order chi connectivity index (χ0) is 20.2. The van der Waals surface area contributed by atoms with E-state index >= 15 is 0 Å². The van der Waals surface area contributed by atoms with Gasteiger partial charge in [0.25, 0.3) is 11.5 Å². The first-order valence-corrected chi connectivity index (χ1v) is 10.6. The quantitative estimate of drug-likeness (QED) is 0.668. The summed E-state index contributed by atoms with van der Waals surface area (Å²) >= 11 is 1.34. The second-order valence-corrected chi connectivity index (χ2v) is 7.76. The second kappa shape index (κ2) is 8.60. The van der Waals surface area contributed by atoms with Gasteiger partial charge >= 0.3 is 0 Å². The monoisotopic (exact) mass is 413 g/mol. The number of hydrogen-bond acceptors (Lipinski definition) is 7. The van der Waals surface area contributed by atoms with Crippen LogP contribution in [0.5, 0.6) is 5.75 Å². The zero-order valence-corrected chi connectivity index (χ0v) is 17.1. The van der Waals surface area contributed by atoms with Gasteiger partial charge in [0.1, 0.15) is 11.4 Å². The Kier molecular flexibility index (Phi) is 5.75. The number of benzene rings is 1. The minimum absolute atomic E-state index is 0.188. The van der Waals surface area contributed by atoms with Crippen LogP contribution in [0.2, 0.25) is 0 Å². The van der Waals surface area contributed by atoms with E-state index in [-0.39, 0.29) is 18.1 Å². The number of ether oxygens (including phenoxy) is 1. The first-order valence-electron chi connectivity index (χ1n) is 9.80. The lowest BCUT2D eigenvalue weighted by atomic mass is 10.1. The number of hydrogen-bond donors (Lipinski definition) is 1. The summed E-state index contributed by atoms with van der Waals surface area (Å²) in [6, 6.07) is 8.78. The summed E-state index contributed by atoms with van der Waals surface area (Å²) in [5, 5.41) is 8.23. The molecule has 9 heteroatoms. The van der Waals surface area contributed by atoms with Crippen molar-refractivity contribution in [1.29, 1.82) is 0 Å². The molecule has 0 spiro atoms. The number of amides is 1. The van der Waals surface area contributed by atoms with E-state index in [2.05, 4.69) is 20.3 Å². The van der Waals surface area contributed by atoms with Crippen LogP contribution >= 0.6 is 11.3 Å². The van der Waals surface area contributed by atoms with Crippen molar-refractivity contribution in [3.8, 4) is 5.75 Å². The average molecular weight is 414 g/mol. The molecule has 8 nitrogen and oxygen atoms in total. The van der Waals surface area contributed by atoms with Crippen molar-refractivity contribution in [3.05, 3.63) is 51.9 Å². The van der Waals surface area contributed by atoms with Gasteiger partial charge in [0, 0.05) is 31.3 Å². The Hall–Kier alpha value is -2.94. The lowest BCUT2D eigenvalue weighted by molar-refractivity contribution is 0.0943. The molecule has 2 aromatic heterocycles. The maximum absolute atomic E-state index is 12.9. The smallest absolute Gasteiger partial charge is 0.274 e. The fourth-order valence-electron chi connectivity index (χ4n) is 3.39. The van der Waals surface area contributed by atoms with Crippen molar-refractivity contribution in [3.63, 3.8) is 0 Å². The number of aromatic nitrogens is 3. The highest BCUT2D eigenvalue weighted by molar-refractivity contribution is 7.20.